The summed E-state index contributed by atoms with van der Waals surface area (Å²) in [6.45, 7) is 2.95. The molecule has 2 aromatic carbocycles. The average molecular weight is 253 g/mol. The molecule has 2 rings (SSSR count). The summed E-state index contributed by atoms with van der Waals surface area (Å²) in [6.07, 6.45) is 4.31. The lowest BCUT2D eigenvalue weighted by molar-refractivity contribution is 0.912. The maximum absolute atomic E-state index is 5.65. The van der Waals surface area contributed by atoms with E-state index in [9.17, 15) is 0 Å². The van der Waals surface area contributed by atoms with E-state index in [1.807, 2.05) is 0 Å². The fourth-order valence-electron chi connectivity index (χ4n) is 2.50. The molecular weight excluding hydrogens is 230 g/mol. The summed E-state index contributed by atoms with van der Waals surface area (Å²) < 4.78 is 0. The van der Waals surface area contributed by atoms with Gasteiger partial charge in [0, 0.05) is 0 Å². The summed E-state index contributed by atoms with van der Waals surface area (Å²) in [5, 5.41) is 0. The lowest BCUT2D eigenvalue weighted by Crippen LogP contribution is -2.04. The molecule has 0 unspecified atom stereocenters. The van der Waals surface area contributed by atoms with Crippen molar-refractivity contribution in [3.05, 3.63) is 70.8 Å². The summed E-state index contributed by atoms with van der Waals surface area (Å²) in [5.74, 6) is 0. The number of nitrogens with two attached hydrogens (primary N) is 1. The van der Waals surface area contributed by atoms with Crippen molar-refractivity contribution in [3.63, 3.8) is 0 Å². The van der Waals surface area contributed by atoms with Gasteiger partial charge in [0.1, 0.15) is 0 Å². The molecule has 0 fully saturated rings. The average Bonchev–Trinajstić information content (AvgIpc) is 2.47. The first-order valence-electron chi connectivity index (χ1n) is 7.18. The standard InChI is InChI=1S/C18H23N/c1-2-17-10-9-16(12-13-19)14-18(17)11-8-15-6-4-3-5-7-15/h3-7,9-10,14H,2,8,11-13,19H2,1H3. The molecule has 0 spiro atoms. The van der Waals surface area contributed by atoms with Crippen molar-refractivity contribution in [1.29, 1.82) is 0 Å². The van der Waals surface area contributed by atoms with Crippen molar-refractivity contribution in [2.75, 3.05) is 6.54 Å². The normalized spacial score (nSPS) is 10.6. The Kier molecular flexibility index (Phi) is 5.17. The van der Waals surface area contributed by atoms with Gasteiger partial charge < -0.3 is 5.73 Å². The maximum Gasteiger partial charge on any atom is -0.00367 e. The largest absolute Gasteiger partial charge is 0.330 e. The molecule has 0 radical (unpaired) electrons. The first-order valence-corrected chi connectivity index (χ1v) is 7.18. The van der Waals surface area contributed by atoms with E-state index in [0.717, 1.165) is 32.2 Å². The van der Waals surface area contributed by atoms with Crippen LogP contribution in [-0.2, 0) is 25.7 Å². The Morgan fingerprint density at radius 1 is 0.789 bits per heavy atom. The highest BCUT2D eigenvalue weighted by atomic mass is 14.5. The van der Waals surface area contributed by atoms with Gasteiger partial charge in [-0.1, -0.05) is 55.5 Å². The van der Waals surface area contributed by atoms with Crippen LogP contribution in [-0.4, -0.2) is 6.54 Å². The molecule has 0 bridgehead atoms. The molecule has 0 saturated heterocycles. The van der Waals surface area contributed by atoms with Gasteiger partial charge in [-0.05, 0) is 54.5 Å². The van der Waals surface area contributed by atoms with E-state index in [4.69, 9.17) is 5.73 Å². The highest BCUT2D eigenvalue weighted by Crippen LogP contribution is 2.16. The van der Waals surface area contributed by atoms with E-state index in [1.54, 1.807) is 0 Å². The van der Waals surface area contributed by atoms with Crippen LogP contribution in [0.1, 0.15) is 29.2 Å². The van der Waals surface area contributed by atoms with Crippen molar-refractivity contribution < 1.29 is 0 Å². The van der Waals surface area contributed by atoms with Gasteiger partial charge in [-0.15, -0.1) is 0 Å². The zero-order valence-electron chi connectivity index (χ0n) is 11.7. The van der Waals surface area contributed by atoms with Crippen LogP contribution in [0.25, 0.3) is 0 Å². The quantitative estimate of drug-likeness (QED) is 0.837. The zero-order valence-corrected chi connectivity index (χ0v) is 11.7. The summed E-state index contributed by atoms with van der Waals surface area (Å²) in [7, 11) is 0. The lowest BCUT2D eigenvalue weighted by atomic mass is 9.95. The molecule has 1 heteroatoms. The molecule has 19 heavy (non-hydrogen) atoms. The predicted molar refractivity (Wildman–Crippen MR) is 82.4 cm³/mol. The van der Waals surface area contributed by atoms with Gasteiger partial charge in [-0.25, -0.2) is 0 Å². The van der Waals surface area contributed by atoms with Gasteiger partial charge in [-0.3, -0.25) is 0 Å². The van der Waals surface area contributed by atoms with Gasteiger partial charge in [-0.2, -0.15) is 0 Å². The Morgan fingerprint density at radius 3 is 2.26 bits per heavy atom. The molecule has 0 saturated carbocycles. The van der Waals surface area contributed by atoms with E-state index in [0.29, 0.717) is 0 Å². The van der Waals surface area contributed by atoms with Crippen LogP contribution in [0.4, 0.5) is 0 Å². The summed E-state index contributed by atoms with van der Waals surface area (Å²) in [5.41, 5.74) is 11.4. The number of hydrogen-bond donors (Lipinski definition) is 1. The van der Waals surface area contributed by atoms with E-state index >= 15 is 0 Å². The Bertz CT molecular complexity index is 502. The van der Waals surface area contributed by atoms with Gasteiger partial charge in [0.05, 0.1) is 0 Å². The van der Waals surface area contributed by atoms with Crippen LogP contribution in [0.5, 0.6) is 0 Å². The summed E-state index contributed by atoms with van der Waals surface area (Å²) >= 11 is 0. The predicted octanol–water partition coefficient (Wildman–Crippen LogP) is 3.54. The molecule has 0 aliphatic heterocycles. The van der Waals surface area contributed by atoms with Crippen LogP contribution in [0, 0.1) is 0 Å². The van der Waals surface area contributed by atoms with Crippen LogP contribution in [0.3, 0.4) is 0 Å². The highest BCUT2D eigenvalue weighted by Gasteiger charge is 2.03. The number of hydrogen-bond acceptors (Lipinski definition) is 1. The van der Waals surface area contributed by atoms with E-state index in [-0.39, 0.29) is 0 Å². The first kappa shape index (κ1) is 13.8. The third-order valence-electron chi connectivity index (χ3n) is 3.61. The third-order valence-corrected chi connectivity index (χ3v) is 3.61. The van der Waals surface area contributed by atoms with Crippen LogP contribution in [0.15, 0.2) is 48.5 Å². The fraction of sp³-hybridized carbons (Fsp3) is 0.333. The smallest absolute Gasteiger partial charge is 0.00367 e. The second-order valence-corrected chi connectivity index (χ2v) is 4.98. The number of aryl methyl sites for hydroxylation is 3. The van der Waals surface area contributed by atoms with Gasteiger partial charge in [0.15, 0.2) is 0 Å². The Balaban J connectivity index is 2.11. The molecule has 2 N–H and O–H groups in total. The fourth-order valence-corrected chi connectivity index (χ4v) is 2.50. The van der Waals surface area contributed by atoms with E-state index in [1.165, 1.54) is 22.3 Å². The van der Waals surface area contributed by atoms with Crippen molar-refractivity contribution >= 4 is 0 Å². The summed E-state index contributed by atoms with van der Waals surface area (Å²) in [6, 6.07) is 17.5. The van der Waals surface area contributed by atoms with Crippen molar-refractivity contribution in [2.45, 2.75) is 32.6 Å². The minimum Gasteiger partial charge on any atom is -0.330 e. The molecule has 0 amide bonds. The Hall–Kier alpha value is -1.60. The van der Waals surface area contributed by atoms with Crippen molar-refractivity contribution in [2.24, 2.45) is 5.73 Å². The first-order chi connectivity index (χ1) is 9.33. The summed E-state index contributed by atoms with van der Waals surface area (Å²) in [4.78, 5) is 0. The monoisotopic (exact) mass is 253 g/mol. The molecule has 0 aliphatic rings. The molecular formula is C18H23N. The molecule has 0 aromatic heterocycles. The lowest BCUT2D eigenvalue weighted by Gasteiger charge is -2.10. The Labute approximate surface area is 116 Å². The van der Waals surface area contributed by atoms with E-state index < -0.39 is 0 Å². The highest BCUT2D eigenvalue weighted by molar-refractivity contribution is 5.33. The third kappa shape index (κ3) is 3.93. The van der Waals surface area contributed by atoms with E-state index in [2.05, 4.69) is 55.5 Å². The van der Waals surface area contributed by atoms with Crippen molar-refractivity contribution in [3.8, 4) is 0 Å². The minimum atomic E-state index is 0.726. The molecule has 2 aromatic rings. The van der Waals surface area contributed by atoms with Crippen LogP contribution >= 0.6 is 0 Å². The SMILES string of the molecule is CCc1ccc(CCN)cc1CCc1ccccc1. The number of benzene rings is 2. The molecule has 100 valence electrons. The second kappa shape index (κ2) is 7.10. The second-order valence-electron chi connectivity index (χ2n) is 4.98. The minimum absolute atomic E-state index is 0.726. The zero-order chi connectivity index (χ0) is 13.5. The van der Waals surface area contributed by atoms with Crippen molar-refractivity contribution in [1.82, 2.24) is 0 Å². The van der Waals surface area contributed by atoms with Gasteiger partial charge in [0.2, 0.25) is 0 Å². The number of rotatable bonds is 6. The van der Waals surface area contributed by atoms with Gasteiger partial charge in [0.25, 0.3) is 0 Å². The van der Waals surface area contributed by atoms with Crippen LogP contribution < -0.4 is 5.73 Å². The molecule has 0 atom stereocenters. The molecule has 1 nitrogen and oxygen atoms in total. The van der Waals surface area contributed by atoms with Crippen LogP contribution in [0.2, 0.25) is 0 Å². The van der Waals surface area contributed by atoms with Gasteiger partial charge >= 0.3 is 0 Å². The molecule has 0 heterocycles. The topological polar surface area (TPSA) is 26.0 Å². The maximum atomic E-state index is 5.65. The Morgan fingerprint density at radius 2 is 1.58 bits per heavy atom. The molecule has 0 aliphatic carbocycles.